The van der Waals surface area contributed by atoms with E-state index in [2.05, 4.69) is 27.0 Å². The Balaban J connectivity index is 1.56. The van der Waals surface area contributed by atoms with Gasteiger partial charge >= 0.3 is 0 Å². The summed E-state index contributed by atoms with van der Waals surface area (Å²) >= 11 is 6.27. The summed E-state index contributed by atoms with van der Waals surface area (Å²) in [5.41, 5.74) is 9.20. The molecule has 144 valence electrons. The first-order chi connectivity index (χ1) is 13.6. The molecule has 0 amide bonds. The first-order valence-corrected chi connectivity index (χ1v) is 9.90. The van der Waals surface area contributed by atoms with Crippen LogP contribution in [0.15, 0.2) is 59.4 Å². The highest BCUT2D eigenvalue weighted by atomic mass is 35.5. The standard InChI is InChI=1S/C22H23ClN4O/c23-19-4-2-1-3-18(19)20-13-21(28)26-22(25-20)16-7-5-15(6-8-16)14-27-11-9-17(24)10-12-27/h1-8,13,17H,9-12,14,24H2,(H,25,26,28). The van der Waals surface area contributed by atoms with Gasteiger partial charge in [-0.25, -0.2) is 4.98 Å². The Bertz CT molecular complexity index is 1010. The number of halogens is 1. The van der Waals surface area contributed by atoms with Gasteiger partial charge in [0.15, 0.2) is 0 Å². The van der Waals surface area contributed by atoms with Gasteiger partial charge in [-0.3, -0.25) is 9.69 Å². The third-order valence-corrected chi connectivity index (χ3v) is 5.49. The van der Waals surface area contributed by atoms with E-state index in [1.165, 1.54) is 11.6 Å². The smallest absolute Gasteiger partial charge is 0.251 e. The van der Waals surface area contributed by atoms with E-state index in [0.717, 1.165) is 43.6 Å². The van der Waals surface area contributed by atoms with Crippen LogP contribution in [0.5, 0.6) is 0 Å². The number of piperidine rings is 1. The van der Waals surface area contributed by atoms with Gasteiger partial charge in [-0.1, -0.05) is 54.1 Å². The van der Waals surface area contributed by atoms with E-state index < -0.39 is 0 Å². The van der Waals surface area contributed by atoms with Gasteiger partial charge < -0.3 is 10.7 Å². The quantitative estimate of drug-likeness (QED) is 0.707. The first kappa shape index (κ1) is 18.9. The van der Waals surface area contributed by atoms with E-state index in [4.69, 9.17) is 17.3 Å². The molecule has 0 unspecified atom stereocenters. The van der Waals surface area contributed by atoms with Crippen molar-refractivity contribution in [3.8, 4) is 22.6 Å². The number of hydrogen-bond acceptors (Lipinski definition) is 4. The number of nitrogens with two attached hydrogens (primary N) is 1. The Hall–Kier alpha value is -2.47. The van der Waals surface area contributed by atoms with E-state index >= 15 is 0 Å². The number of H-pyrrole nitrogens is 1. The van der Waals surface area contributed by atoms with Crippen molar-refractivity contribution in [3.05, 3.63) is 75.5 Å². The maximum absolute atomic E-state index is 12.2. The lowest BCUT2D eigenvalue weighted by molar-refractivity contribution is 0.205. The lowest BCUT2D eigenvalue weighted by Crippen LogP contribution is -2.39. The molecule has 0 spiro atoms. The van der Waals surface area contributed by atoms with Crippen molar-refractivity contribution < 1.29 is 0 Å². The number of aromatic nitrogens is 2. The number of aromatic amines is 1. The fraction of sp³-hybridized carbons (Fsp3) is 0.273. The average Bonchev–Trinajstić information content (AvgIpc) is 2.70. The molecule has 1 aromatic heterocycles. The molecule has 0 bridgehead atoms. The molecule has 1 aliphatic heterocycles. The normalized spacial score (nSPS) is 15.6. The van der Waals surface area contributed by atoms with E-state index in [9.17, 15) is 4.79 Å². The van der Waals surface area contributed by atoms with Crippen molar-refractivity contribution in [2.45, 2.75) is 25.4 Å². The van der Waals surface area contributed by atoms with Crippen LogP contribution in [0.25, 0.3) is 22.6 Å². The summed E-state index contributed by atoms with van der Waals surface area (Å²) in [7, 11) is 0. The van der Waals surface area contributed by atoms with Crippen molar-refractivity contribution in [2.24, 2.45) is 5.73 Å². The Morgan fingerprint density at radius 3 is 2.54 bits per heavy atom. The van der Waals surface area contributed by atoms with Gasteiger partial charge in [-0.2, -0.15) is 0 Å². The number of nitrogens with one attached hydrogen (secondary N) is 1. The molecule has 5 nitrogen and oxygen atoms in total. The number of benzene rings is 2. The molecular weight excluding hydrogens is 372 g/mol. The zero-order chi connectivity index (χ0) is 19.5. The minimum absolute atomic E-state index is 0.200. The molecule has 1 saturated heterocycles. The molecule has 0 saturated carbocycles. The second kappa shape index (κ2) is 8.27. The topological polar surface area (TPSA) is 75.0 Å². The fourth-order valence-electron chi connectivity index (χ4n) is 3.54. The Kier molecular flexibility index (Phi) is 5.57. The van der Waals surface area contributed by atoms with Crippen LogP contribution in [0.4, 0.5) is 0 Å². The van der Waals surface area contributed by atoms with Crippen LogP contribution in [-0.2, 0) is 6.54 Å². The van der Waals surface area contributed by atoms with E-state index in [1.807, 2.05) is 30.3 Å². The maximum atomic E-state index is 12.2. The van der Waals surface area contributed by atoms with Gasteiger partial charge in [-0.05, 0) is 37.6 Å². The number of likely N-dealkylation sites (tertiary alicyclic amines) is 1. The summed E-state index contributed by atoms with van der Waals surface area (Å²) in [5.74, 6) is 0.540. The zero-order valence-corrected chi connectivity index (χ0v) is 16.3. The lowest BCUT2D eigenvalue weighted by Gasteiger charge is -2.30. The average molecular weight is 395 g/mol. The van der Waals surface area contributed by atoms with Gasteiger partial charge in [-0.15, -0.1) is 0 Å². The van der Waals surface area contributed by atoms with Crippen molar-refractivity contribution in [2.75, 3.05) is 13.1 Å². The van der Waals surface area contributed by atoms with Crippen LogP contribution in [0.2, 0.25) is 5.02 Å². The Morgan fingerprint density at radius 1 is 1.11 bits per heavy atom. The molecule has 2 aromatic carbocycles. The summed E-state index contributed by atoms with van der Waals surface area (Å²) < 4.78 is 0. The first-order valence-electron chi connectivity index (χ1n) is 9.52. The molecule has 0 atom stereocenters. The third kappa shape index (κ3) is 4.33. The van der Waals surface area contributed by atoms with Gasteiger partial charge in [0, 0.05) is 34.8 Å². The Labute approximate surface area is 169 Å². The molecule has 1 aliphatic rings. The molecule has 2 heterocycles. The van der Waals surface area contributed by atoms with Gasteiger partial charge in [0.2, 0.25) is 0 Å². The molecule has 3 N–H and O–H groups in total. The fourth-order valence-corrected chi connectivity index (χ4v) is 3.77. The molecular formula is C22H23ClN4O. The number of rotatable bonds is 4. The molecule has 3 aromatic rings. The summed E-state index contributed by atoms with van der Waals surface area (Å²) in [6.45, 7) is 2.99. The van der Waals surface area contributed by atoms with Crippen molar-refractivity contribution >= 4 is 11.6 Å². The molecule has 4 rings (SSSR count). The summed E-state index contributed by atoms with van der Waals surface area (Å²) in [6.07, 6.45) is 2.11. The highest BCUT2D eigenvalue weighted by Gasteiger charge is 2.16. The van der Waals surface area contributed by atoms with Crippen molar-refractivity contribution in [1.29, 1.82) is 0 Å². The van der Waals surface area contributed by atoms with E-state index in [0.29, 0.717) is 22.6 Å². The molecule has 1 fully saturated rings. The minimum Gasteiger partial charge on any atom is -0.328 e. The van der Waals surface area contributed by atoms with Crippen LogP contribution in [0.3, 0.4) is 0 Å². The van der Waals surface area contributed by atoms with Crippen LogP contribution >= 0.6 is 11.6 Å². The van der Waals surface area contributed by atoms with Crippen LogP contribution < -0.4 is 11.3 Å². The summed E-state index contributed by atoms with van der Waals surface area (Å²) in [6, 6.07) is 17.4. The number of hydrogen-bond donors (Lipinski definition) is 2. The minimum atomic E-state index is -0.200. The second-order valence-electron chi connectivity index (χ2n) is 7.27. The van der Waals surface area contributed by atoms with Crippen LogP contribution in [-0.4, -0.2) is 34.0 Å². The summed E-state index contributed by atoms with van der Waals surface area (Å²) in [4.78, 5) is 22.0. The van der Waals surface area contributed by atoms with Crippen LogP contribution in [0, 0.1) is 0 Å². The molecule has 0 aliphatic carbocycles. The largest absolute Gasteiger partial charge is 0.328 e. The molecule has 28 heavy (non-hydrogen) atoms. The lowest BCUT2D eigenvalue weighted by atomic mass is 10.0. The highest BCUT2D eigenvalue weighted by Crippen LogP contribution is 2.26. The highest BCUT2D eigenvalue weighted by molar-refractivity contribution is 6.33. The van der Waals surface area contributed by atoms with E-state index in [-0.39, 0.29) is 5.56 Å². The number of nitrogens with zero attached hydrogens (tertiary/aromatic N) is 2. The van der Waals surface area contributed by atoms with Crippen molar-refractivity contribution in [1.82, 2.24) is 14.9 Å². The summed E-state index contributed by atoms with van der Waals surface area (Å²) in [5, 5.41) is 0.572. The maximum Gasteiger partial charge on any atom is 0.251 e. The van der Waals surface area contributed by atoms with Crippen molar-refractivity contribution in [3.63, 3.8) is 0 Å². The second-order valence-corrected chi connectivity index (χ2v) is 7.68. The van der Waals surface area contributed by atoms with Gasteiger partial charge in [0.1, 0.15) is 5.82 Å². The molecule has 6 heteroatoms. The monoisotopic (exact) mass is 394 g/mol. The van der Waals surface area contributed by atoms with Gasteiger partial charge in [0.25, 0.3) is 5.56 Å². The Morgan fingerprint density at radius 2 is 1.82 bits per heavy atom. The predicted octanol–water partition coefficient (Wildman–Crippen LogP) is 3.68. The van der Waals surface area contributed by atoms with Crippen LogP contribution in [0.1, 0.15) is 18.4 Å². The predicted molar refractivity (Wildman–Crippen MR) is 113 cm³/mol. The third-order valence-electron chi connectivity index (χ3n) is 5.16. The zero-order valence-electron chi connectivity index (χ0n) is 15.6. The SMILES string of the molecule is NC1CCN(Cc2ccc(-c3nc(-c4ccccc4Cl)cc(=O)[nH]3)cc2)CC1. The van der Waals surface area contributed by atoms with Gasteiger partial charge in [0.05, 0.1) is 5.69 Å². The van der Waals surface area contributed by atoms with E-state index in [1.54, 1.807) is 6.07 Å². The molecule has 0 radical (unpaired) electrons.